The topological polar surface area (TPSA) is 76.5 Å². The third-order valence-electron chi connectivity index (χ3n) is 4.09. The molecule has 3 heterocycles. The highest BCUT2D eigenvalue weighted by Crippen LogP contribution is 2.21. The molecule has 1 aromatic carbocycles. The van der Waals surface area contributed by atoms with Gasteiger partial charge in [0.25, 0.3) is 5.91 Å². The van der Waals surface area contributed by atoms with E-state index in [2.05, 4.69) is 16.2 Å². The number of rotatable bonds is 2. The zero-order chi connectivity index (χ0) is 16.5. The summed E-state index contributed by atoms with van der Waals surface area (Å²) in [4.78, 5) is 18.9. The number of nitrogens with two attached hydrogens (primary N) is 1. The molecule has 1 aliphatic rings. The maximum absolute atomic E-state index is 12.6. The van der Waals surface area contributed by atoms with E-state index >= 15 is 0 Å². The van der Waals surface area contributed by atoms with Crippen LogP contribution in [0.5, 0.6) is 0 Å². The van der Waals surface area contributed by atoms with Crippen LogP contribution in [0.3, 0.4) is 0 Å². The highest BCUT2D eigenvalue weighted by molar-refractivity contribution is 5.96. The SMILES string of the molecule is Nc1cc(C(=O)N2CC=CCC2)cn2nc(-c3ccccc3)nc12. The van der Waals surface area contributed by atoms with E-state index in [1.807, 2.05) is 36.4 Å². The van der Waals surface area contributed by atoms with Crippen molar-refractivity contribution in [3.8, 4) is 11.4 Å². The summed E-state index contributed by atoms with van der Waals surface area (Å²) in [5.74, 6) is 0.553. The highest BCUT2D eigenvalue weighted by atomic mass is 16.2. The van der Waals surface area contributed by atoms with E-state index in [4.69, 9.17) is 5.73 Å². The number of hydrogen-bond donors (Lipinski definition) is 1. The number of carbonyl (C=O) groups excluding carboxylic acids is 1. The number of pyridine rings is 1. The van der Waals surface area contributed by atoms with Crippen molar-refractivity contribution in [3.05, 3.63) is 60.3 Å². The van der Waals surface area contributed by atoms with Gasteiger partial charge in [0.05, 0.1) is 11.3 Å². The largest absolute Gasteiger partial charge is 0.396 e. The molecule has 0 aliphatic carbocycles. The molecule has 3 aromatic rings. The summed E-state index contributed by atoms with van der Waals surface area (Å²) in [5.41, 5.74) is 8.55. The molecule has 0 saturated heterocycles. The van der Waals surface area contributed by atoms with Gasteiger partial charge in [0.15, 0.2) is 11.5 Å². The van der Waals surface area contributed by atoms with Crippen molar-refractivity contribution in [1.29, 1.82) is 0 Å². The summed E-state index contributed by atoms with van der Waals surface area (Å²) in [6, 6.07) is 11.4. The molecule has 2 aromatic heterocycles. The Bertz CT molecular complexity index is 929. The van der Waals surface area contributed by atoms with Crippen LogP contribution in [0, 0.1) is 0 Å². The van der Waals surface area contributed by atoms with E-state index < -0.39 is 0 Å². The number of hydrogen-bond acceptors (Lipinski definition) is 4. The lowest BCUT2D eigenvalue weighted by Crippen LogP contribution is -2.34. The Morgan fingerprint density at radius 2 is 2.00 bits per heavy atom. The van der Waals surface area contributed by atoms with Crippen LogP contribution in [0.4, 0.5) is 5.69 Å². The minimum absolute atomic E-state index is 0.0373. The number of nitrogen functional groups attached to an aromatic ring is 1. The van der Waals surface area contributed by atoms with Gasteiger partial charge in [0.2, 0.25) is 0 Å². The standard InChI is InChI=1S/C18H17N5O/c19-15-11-14(18(24)22-9-5-2-6-10-22)12-23-17(15)20-16(21-23)13-7-3-1-4-8-13/h1-5,7-8,11-12H,6,9-10,19H2. The van der Waals surface area contributed by atoms with Crippen molar-refractivity contribution in [2.45, 2.75) is 6.42 Å². The van der Waals surface area contributed by atoms with Crippen molar-refractivity contribution >= 4 is 17.2 Å². The Labute approximate surface area is 139 Å². The van der Waals surface area contributed by atoms with Crippen molar-refractivity contribution in [3.63, 3.8) is 0 Å². The Kier molecular flexibility index (Phi) is 3.49. The molecule has 0 fully saturated rings. The van der Waals surface area contributed by atoms with Crippen LogP contribution >= 0.6 is 0 Å². The fourth-order valence-corrected chi connectivity index (χ4v) is 2.85. The van der Waals surface area contributed by atoms with Gasteiger partial charge in [-0.15, -0.1) is 5.10 Å². The van der Waals surface area contributed by atoms with E-state index in [1.54, 1.807) is 21.7 Å². The quantitative estimate of drug-likeness (QED) is 0.736. The van der Waals surface area contributed by atoms with E-state index in [0.717, 1.165) is 18.5 Å². The van der Waals surface area contributed by atoms with Crippen LogP contribution in [-0.2, 0) is 0 Å². The molecule has 0 radical (unpaired) electrons. The average molecular weight is 319 g/mol. The predicted molar refractivity (Wildman–Crippen MR) is 92.5 cm³/mol. The lowest BCUT2D eigenvalue weighted by molar-refractivity contribution is 0.0770. The van der Waals surface area contributed by atoms with Crippen LogP contribution in [0.15, 0.2) is 54.7 Å². The Balaban J connectivity index is 1.74. The van der Waals surface area contributed by atoms with Crippen molar-refractivity contribution in [2.75, 3.05) is 18.8 Å². The van der Waals surface area contributed by atoms with Gasteiger partial charge >= 0.3 is 0 Å². The van der Waals surface area contributed by atoms with Gasteiger partial charge in [-0.3, -0.25) is 4.79 Å². The third-order valence-corrected chi connectivity index (χ3v) is 4.09. The van der Waals surface area contributed by atoms with E-state index in [0.29, 0.717) is 29.3 Å². The number of fused-ring (bicyclic) bond motifs is 1. The molecule has 24 heavy (non-hydrogen) atoms. The average Bonchev–Trinajstić information content (AvgIpc) is 3.07. The Morgan fingerprint density at radius 1 is 1.17 bits per heavy atom. The monoisotopic (exact) mass is 319 g/mol. The number of aromatic nitrogens is 3. The smallest absolute Gasteiger partial charge is 0.255 e. The molecular formula is C18H17N5O. The van der Waals surface area contributed by atoms with E-state index in [1.165, 1.54) is 0 Å². The van der Waals surface area contributed by atoms with Crippen LogP contribution in [0.1, 0.15) is 16.8 Å². The lowest BCUT2D eigenvalue weighted by atomic mass is 10.2. The van der Waals surface area contributed by atoms with Crippen LogP contribution in [-0.4, -0.2) is 38.5 Å². The van der Waals surface area contributed by atoms with Gasteiger partial charge in [0.1, 0.15) is 0 Å². The molecule has 1 amide bonds. The third kappa shape index (κ3) is 2.52. The zero-order valence-electron chi connectivity index (χ0n) is 13.1. The molecule has 6 nitrogen and oxygen atoms in total. The normalized spacial score (nSPS) is 14.2. The molecule has 4 rings (SSSR count). The van der Waals surface area contributed by atoms with Gasteiger partial charge < -0.3 is 10.6 Å². The maximum atomic E-state index is 12.6. The second kappa shape index (κ2) is 5.81. The summed E-state index contributed by atoms with van der Waals surface area (Å²) >= 11 is 0. The van der Waals surface area contributed by atoms with Crippen molar-refractivity contribution < 1.29 is 4.79 Å². The molecular weight excluding hydrogens is 302 g/mol. The number of anilines is 1. The van der Waals surface area contributed by atoms with Crippen molar-refractivity contribution in [1.82, 2.24) is 19.5 Å². The number of benzene rings is 1. The zero-order valence-corrected chi connectivity index (χ0v) is 13.1. The van der Waals surface area contributed by atoms with Gasteiger partial charge in [-0.25, -0.2) is 9.50 Å². The minimum atomic E-state index is -0.0373. The Hall–Kier alpha value is -3.15. The second-order valence-electron chi connectivity index (χ2n) is 5.76. The summed E-state index contributed by atoms with van der Waals surface area (Å²) in [7, 11) is 0. The lowest BCUT2D eigenvalue weighted by Gasteiger charge is -2.23. The number of nitrogens with zero attached hydrogens (tertiary/aromatic N) is 4. The fourth-order valence-electron chi connectivity index (χ4n) is 2.85. The summed E-state index contributed by atoms with van der Waals surface area (Å²) in [6.45, 7) is 1.35. The van der Waals surface area contributed by atoms with E-state index in [9.17, 15) is 4.79 Å². The molecule has 1 aliphatic heterocycles. The molecule has 0 spiro atoms. The molecule has 6 heteroatoms. The molecule has 120 valence electrons. The van der Waals surface area contributed by atoms with Gasteiger partial charge in [0, 0.05) is 24.8 Å². The first-order chi connectivity index (χ1) is 11.7. The first-order valence-electron chi connectivity index (χ1n) is 7.88. The first-order valence-corrected chi connectivity index (χ1v) is 7.88. The first kappa shape index (κ1) is 14.4. The fraction of sp³-hybridized carbons (Fsp3) is 0.167. The van der Waals surface area contributed by atoms with Crippen LogP contribution in [0.2, 0.25) is 0 Å². The molecule has 0 unspecified atom stereocenters. The predicted octanol–water partition coefficient (Wildman–Crippen LogP) is 2.38. The van der Waals surface area contributed by atoms with Gasteiger partial charge in [-0.05, 0) is 12.5 Å². The maximum Gasteiger partial charge on any atom is 0.255 e. The second-order valence-corrected chi connectivity index (χ2v) is 5.76. The van der Waals surface area contributed by atoms with Crippen LogP contribution in [0.25, 0.3) is 17.0 Å². The summed E-state index contributed by atoms with van der Waals surface area (Å²) in [5, 5.41) is 4.47. The number of carbonyl (C=O) groups is 1. The van der Waals surface area contributed by atoms with Crippen molar-refractivity contribution in [2.24, 2.45) is 0 Å². The summed E-state index contributed by atoms with van der Waals surface area (Å²) in [6.07, 6.45) is 6.67. The molecule has 0 atom stereocenters. The minimum Gasteiger partial charge on any atom is -0.396 e. The molecule has 0 bridgehead atoms. The van der Waals surface area contributed by atoms with Crippen LogP contribution < -0.4 is 5.73 Å². The Morgan fingerprint density at radius 3 is 2.75 bits per heavy atom. The van der Waals surface area contributed by atoms with Gasteiger partial charge in [-0.1, -0.05) is 42.5 Å². The number of amides is 1. The highest BCUT2D eigenvalue weighted by Gasteiger charge is 2.19. The van der Waals surface area contributed by atoms with E-state index in [-0.39, 0.29) is 5.91 Å². The molecule has 2 N–H and O–H groups in total. The summed E-state index contributed by atoms with van der Waals surface area (Å²) < 4.78 is 1.59. The molecule has 0 saturated carbocycles. The van der Waals surface area contributed by atoms with Gasteiger partial charge in [-0.2, -0.15) is 0 Å².